The van der Waals surface area contributed by atoms with E-state index in [9.17, 15) is 5.11 Å². The molecule has 1 aliphatic heterocycles. The number of aliphatic hydroxyl groups excluding tert-OH is 1. The summed E-state index contributed by atoms with van der Waals surface area (Å²) in [6.45, 7) is 2.15. The van der Waals surface area contributed by atoms with Crippen LogP contribution < -0.4 is 0 Å². The Balaban J connectivity index is 2.66. The lowest BCUT2D eigenvalue weighted by Crippen LogP contribution is -2.38. The smallest absolute Gasteiger partial charge is 0.141 e. The van der Waals surface area contributed by atoms with E-state index >= 15 is 0 Å². The van der Waals surface area contributed by atoms with Gasteiger partial charge in [-0.15, -0.1) is 11.6 Å². The van der Waals surface area contributed by atoms with Gasteiger partial charge in [0.25, 0.3) is 0 Å². The fourth-order valence-corrected chi connectivity index (χ4v) is 0.958. The Morgan fingerprint density at radius 3 is 2.56 bits per heavy atom. The van der Waals surface area contributed by atoms with Crippen LogP contribution in [0.25, 0.3) is 0 Å². The summed E-state index contributed by atoms with van der Waals surface area (Å²) in [5.74, 6) is 0. The SMILES string of the molecule is B[C@@H]1OC[C@@H](O)[C@@]1(C)Cl. The van der Waals surface area contributed by atoms with Crippen molar-refractivity contribution < 1.29 is 9.84 Å². The molecule has 0 bridgehead atoms. The molecule has 1 N–H and O–H groups in total. The van der Waals surface area contributed by atoms with Crippen LogP contribution in [0.4, 0.5) is 0 Å². The molecular formula is C5H10BClO2. The first-order valence-electron chi connectivity index (χ1n) is 3.03. The highest BCUT2D eigenvalue weighted by molar-refractivity contribution is 6.29. The molecule has 0 aliphatic carbocycles. The number of hydrogen-bond acceptors (Lipinski definition) is 2. The third kappa shape index (κ3) is 1.09. The summed E-state index contributed by atoms with van der Waals surface area (Å²) in [4.78, 5) is -0.583. The van der Waals surface area contributed by atoms with Crippen molar-refractivity contribution in [2.45, 2.75) is 23.9 Å². The number of aliphatic hydroxyl groups is 1. The number of hydrogen-bond donors (Lipinski definition) is 1. The van der Waals surface area contributed by atoms with Crippen LogP contribution in [0.15, 0.2) is 0 Å². The molecule has 0 radical (unpaired) electrons. The van der Waals surface area contributed by atoms with E-state index in [2.05, 4.69) is 0 Å². The maximum Gasteiger partial charge on any atom is 0.141 e. The van der Waals surface area contributed by atoms with Crippen LogP contribution in [0, 0.1) is 0 Å². The van der Waals surface area contributed by atoms with Gasteiger partial charge in [0.2, 0.25) is 0 Å². The van der Waals surface area contributed by atoms with E-state index in [1.54, 1.807) is 6.92 Å². The maximum absolute atomic E-state index is 9.17. The standard InChI is InChI=1S/C5H10BClO2/c1-5(7)3(8)2-9-4(5)6/h3-4,8H,2,6H2,1H3/t3-,4-,5-/m1/s1. The quantitative estimate of drug-likeness (QED) is 0.365. The fourth-order valence-electron chi connectivity index (χ4n) is 0.832. The summed E-state index contributed by atoms with van der Waals surface area (Å²) >= 11 is 5.89. The molecule has 1 fully saturated rings. The minimum absolute atomic E-state index is 0.0471. The minimum atomic E-state index is -0.583. The lowest BCUT2D eigenvalue weighted by atomic mass is 9.86. The van der Waals surface area contributed by atoms with Gasteiger partial charge in [-0.3, -0.25) is 0 Å². The van der Waals surface area contributed by atoms with Crippen molar-refractivity contribution >= 4 is 19.4 Å². The molecule has 52 valence electrons. The van der Waals surface area contributed by atoms with Gasteiger partial charge in [-0.2, -0.15) is 0 Å². The second-order valence-corrected chi connectivity index (χ2v) is 3.46. The molecule has 0 amide bonds. The maximum atomic E-state index is 9.17. The molecule has 1 saturated heterocycles. The Bertz CT molecular complexity index is 106. The first kappa shape index (κ1) is 7.38. The third-order valence-electron chi connectivity index (χ3n) is 1.95. The van der Waals surface area contributed by atoms with Gasteiger partial charge in [0.15, 0.2) is 0 Å². The second-order valence-electron chi connectivity index (χ2n) is 2.64. The molecular weight excluding hydrogens is 138 g/mol. The van der Waals surface area contributed by atoms with Gasteiger partial charge in [0, 0.05) is 6.00 Å². The summed E-state index contributed by atoms with van der Waals surface area (Å²) in [5, 5.41) is 9.17. The van der Waals surface area contributed by atoms with Crippen LogP contribution in [0.1, 0.15) is 6.92 Å². The van der Waals surface area contributed by atoms with Gasteiger partial charge in [0.1, 0.15) is 7.85 Å². The van der Waals surface area contributed by atoms with Gasteiger partial charge in [0.05, 0.1) is 17.6 Å². The van der Waals surface area contributed by atoms with E-state index in [4.69, 9.17) is 16.3 Å². The molecule has 1 aliphatic rings. The average molecular weight is 148 g/mol. The highest BCUT2D eigenvalue weighted by Gasteiger charge is 2.42. The molecule has 0 unspecified atom stereocenters. The van der Waals surface area contributed by atoms with Crippen molar-refractivity contribution in [3.63, 3.8) is 0 Å². The minimum Gasteiger partial charge on any atom is -0.389 e. The zero-order valence-electron chi connectivity index (χ0n) is 5.60. The topological polar surface area (TPSA) is 29.5 Å². The predicted molar refractivity (Wildman–Crippen MR) is 38.5 cm³/mol. The summed E-state index contributed by atoms with van der Waals surface area (Å²) < 4.78 is 5.10. The Kier molecular flexibility index (Phi) is 1.76. The van der Waals surface area contributed by atoms with Crippen molar-refractivity contribution in [2.24, 2.45) is 0 Å². The van der Waals surface area contributed by atoms with E-state index < -0.39 is 11.0 Å². The number of rotatable bonds is 0. The number of ether oxygens (including phenoxy) is 1. The summed E-state index contributed by atoms with van der Waals surface area (Å²) in [5.41, 5.74) is 0. The molecule has 1 heterocycles. The monoisotopic (exact) mass is 148 g/mol. The first-order chi connectivity index (χ1) is 4.05. The molecule has 3 atom stereocenters. The molecule has 0 saturated carbocycles. The van der Waals surface area contributed by atoms with Crippen molar-refractivity contribution in [1.29, 1.82) is 0 Å². The van der Waals surface area contributed by atoms with E-state index in [0.29, 0.717) is 6.61 Å². The number of alkyl halides is 1. The Hall–Kier alpha value is 0.275. The Morgan fingerprint density at radius 2 is 2.44 bits per heavy atom. The average Bonchev–Trinajstić information content (AvgIpc) is 1.96. The second kappa shape index (κ2) is 2.15. The molecule has 4 heteroatoms. The van der Waals surface area contributed by atoms with Crippen molar-refractivity contribution in [2.75, 3.05) is 6.61 Å². The molecule has 0 aromatic rings. The zero-order chi connectivity index (χ0) is 7.07. The van der Waals surface area contributed by atoms with Gasteiger partial charge >= 0.3 is 0 Å². The van der Waals surface area contributed by atoms with E-state index in [1.807, 2.05) is 7.85 Å². The lowest BCUT2D eigenvalue weighted by Gasteiger charge is -2.21. The highest BCUT2D eigenvalue weighted by atomic mass is 35.5. The van der Waals surface area contributed by atoms with Crippen LogP contribution in [0.2, 0.25) is 0 Å². The highest BCUT2D eigenvalue weighted by Crippen LogP contribution is 2.30. The lowest BCUT2D eigenvalue weighted by molar-refractivity contribution is 0.116. The molecule has 1 rings (SSSR count). The molecule has 0 aromatic heterocycles. The first-order valence-corrected chi connectivity index (χ1v) is 3.41. The molecule has 0 aromatic carbocycles. The van der Waals surface area contributed by atoms with E-state index in [-0.39, 0.29) is 6.00 Å². The molecule has 2 nitrogen and oxygen atoms in total. The zero-order valence-corrected chi connectivity index (χ0v) is 6.35. The summed E-state index contributed by atoms with van der Waals surface area (Å²) in [6, 6.07) is -0.0471. The van der Waals surface area contributed by atoms with Gasteiger partial charge in [-0.25, -0.2) is 0 Å². The van der Waals surface area contributed by atoms with Crippen LogP contribution in [0.5, 0.6) is 0 Å². The van der Waals surface area contributed by atoms with Crippen LogP contribution in [0.3, 0.4) is 0 Å². The predicted octanol–water partition coefficient (Wildman–Crippen LogP) is -0.666. The summed E-state index contributed by atoms with van der Waals surface area (Å²) in [7, 11) is 1.86. The van der Waals surface area contributed by atoms with Crippen molar-refractivity contribution in [3.8, 4) is 0 Å². The van der Waals surface area contributed by atoms with Gasteiger partial charge < -0.3 is 9.84 Å². The normalized spacial score (nSPS) is 51.9. The van der Waals surface area contributed by atoms with E-state index in [1.165, 1.54) is 0 Å². The van der Waals surface area contributed by atoms with Crippen LogP contribution >= 0.6 is 11.6 Å². The van der Waals surface area contributed by atoms with E-state index in [0.717, 1.165) is 0 Å². The van der Waals surface area contributed by atoms with Gasteiger partial charge in [-0.05, 0) is 6.92 Å². The largest absolute Gasteiger partial charge is 0.389 e. The summed E-state index contributed by atoms with van der Waals surface area (Å²) in [6.07, 6.45) is -0.519. The fraction of sp³-hybridized carbons (Fsp3) is 1.00. The third-order valence-corrected chi connectivity index (χ3v) is 2.51. The van der Waals surface area contributed by atoms with Crippen LogP contribution in [-0.4, -0.2) is 36.5 Å². The van der Waals surface area contributed by atoms with Crippen molar-refractivity contribution in [1.82, 2.24) is 0 Å². The van der Waals surface area contributed by atoms with Crippen molar-refractivity contribution in [3.05, 3.63) is 0 Å². The Labute approximate surface area is 60.6 Å². The Morgan fingerprint density at radius 1 is 1.89 bits per heavy atom. The van der Waals surface area contributed by atoms with Gasteiger partial charge in [-0.1, -0.05) is 0 Å². The van der Waals surface area contributed by atoms with Crippen LogP contribution in [-0.2, 0) is 4.74 Å². The molecule has 9 heavy (non-hydrogen) atoms. The number of halogens is 1. The molecule has 0 spiro atoms.